The van der Waals surface area contributed by atoms with E-state index in [1.807, 2.05) is 13.8 Å². The molecule has 0 aromatic heterocycles. The Morgan fingerprint density at radius 1 is 1.57 bits per heavy atom. The Morgan fingerprint density at radius 3 is 2.79 bits per heavy atom. The molecule has 1 aliphatic rings. The van der Waals surface area contributed by atoms with Crippen LogP contribution in [0.2, 0.25) is 0 Å². The van der Waals surface area contributed by atoms with Gasteiger partial charge in [-0.3, -0.25) is 4.79 Å². The number of halogens is 1. The molecule has 14 heavy (non-hydrogen) atoms. The molecule has 3 atom stereocenters. The molecule has 0 radical (unpaired) electrons. The average Bonchev–Trinajstić information content (AvgIpc) is 2.59. The summed E-state index contributed by atoms with van der Waals surface area (Å²) in [5.41, 5.74) is 0. The first-order chi connectivity index (χ1) is 6.63. The minimum atomic E-state index is 0.163. The number of amides is 1. The van der Waals surface area contributed by atoms with Crippen molar-refractivity contribution in [3.63, 3.8) is 0 Å². The maximum atomic E-state index is 11.5. The highest BCUT2D eigenvalue weighted by molar-refractivity contribution is 9.09. The number of hydrogen-bond donors (Lipinski definition) is 1. The molecule has 3 heteroatoms. The van der Waals surface area contributed by atoms with Crippen molar-refractivity contribution in [1.29, 1.82) is 0 Å². The standard InChI is InChI=1S/C11H20BrNO/c1-3-8(2)11(14)13-7-9-4-5-10(12)6-9/h8-10H,3-7H2,1-2H3,(H,13,14). The van der Waals surface area contributed by atoms with Crippen LogP contribution in [0.5, 0.6) is 0 Å². The topological polar surface area (TPSA) is 29.1 Å². The number of carbonyl (C=O) groups excluding carboxylic acids is 1. The Morgan fingerprint density at radius 2 is 2.29 bits per heavy atom. The van der Waals surface area contributed by atoms with Crippen LogP contribution >= 0.6 is 15.9 Å². The molecule has 1 amide bonds. The van der Waals surface area contributed by atoms with E-state index in [0.29, 0.717) is 10.7 Å². The lowest BCUT2D eigenvalue weighted by molar-refractivity contribution is -0.124. The molecule has 0 aromatic carbocycles. The molecule has 0 heterocycles. The quantitative estimate of drug-likeness (QED) is 0.775. The zero-order chi connectivity index (χ0) is 10.6. The van der Waals surface area contributed by atoms with Gasteiger partial charge in [0.1, 0.15) is 0 Å². The third-order valence-electron chi connectivity index (χ3n) is 3.10. The summed E-state index contributed by atoms with van der Waals surface area (Å²) >= 11 is 3.62. The van der Waals surface area contributed by atoms with Gasteiger partial charge in [-0.1, -0.05) is 29.8 Å². The van der Waals surface area contributed by atoms with Gasteiger partial charge in [0.15, 0.2) is 0 Å². The van der Waals surface area contributed by atoms with Gasteiger partial charge < -0.3 is 5.32 Å². The van der Waals surface area contributed by atoms with Crippen molar-refractivity contribution in [3.8, 4) is 0 Å². The molecule has 0 spiro atoms. The third kappa shape index (κ3) is 3.60. The first kappa shape index (κ1) is 12.0. The van der Waals surface area contributed by atoms with E-state index in [1.54, 1.807) is 0 Å². The molecular weight excluding hydrogens is 242 g/mol. The molecule has 0 saturated heterocycles. The number of carbonyl (C=O) groups is 1. The van der Waals surface area contributed by atoms with E-state index >= 15 is 0 Å². The summed E-state index contributed by atoms with van der Waals surface area (Å²) in [6.45, 7) is 4.90. The lowest BCUT2D eigenvalue weighted by Crippen LogP contribution is -2.32. The molecule has 3 unspecified atom stereocenters. The lowest BCUT2D eigenvalue weighted by atomic mass is 10.1. The molecule has 0 aliphatic heterocycles. The van der Waals surface area contributed by atoms with Gasteiger partial charge in [-0.15, -0.1) is 0 Å². The normalized spacial score (nSPS) is 28.8. The van der Waals surface area contributed by atoms with Crippen LogP contribution in [0.15, 0.2) is 0 Å². The largest absolute Gasteiger partial charge is 0.356 e. The monoisotopic (exact) mass is 261 g/mol. The Hall–Kier alpha value is -0.0500. The fourth-order valence-electron chi connectivity index (χ4n) is 1.80. The zero-order valence-electron chi connectivity index (χ0n) is 9.05. The van der Waals surface area contributed by atoms with Gasteiger partial charge in [-0.2, -0.15) is 0 Å². The summed E-state index contributed by atoms with van der Waals surface area (Å²) < 4.78 is 0. The Bertz CT molecular complexity index is 196. The molecule has 82 valence electrons. The van der Waals surface area contributed by atoms with Crippen molar-refractivity contribution in [2.75, 3.05) is 6.54 Å². The van der Waals surface area contributed by atoms with Gasteiger partial charge in [0, 0.05) is 17.3 Å². The Kier molecular flexibility index (Phi) is 4.93. The van der Waals surface area contributed by atoms with Crippen LogP contribution in [0, 0.1) is 11.8 Å². The third-order valence-corrected chi connectivity index (χ3v) is 3.93. The predicted octanol–water partition coefficient (Wildman–Crippen LogP) is 2.71. The van der Waals surface area contributed by atoms with Gasteiger partial charge in [0.2, 0.25) is 5.91 Å². The summed E-state index contributed by atoms with van der Waals surface area (Å²) in [6, 6.07) is 0. The Labute approximate surface area is 95.0 Å². The minimum absolute atomic E-state index is 0.163. The number of rotatable bonds is 4. The summed E-state index contributed by atoms with van der Waals surface area (Å²) in [5, 5.41) is 3.04. The molecule has 1 N–H and O–H groups in total. The second-order valence-corrected chi connectivity index (χ2v) is 5.63. The smallest absolute Gasteiger partial charge is 0.222 e. The number of nitrogens with one attached hydrogen (secondary N) is 1. The number of hydrogen-bond acceptors (Lipinski definition) is 1. The first-order valence-corrected chi connectivity index (χ1v) is 6.46. The van der Waals surface area contributed by atoms with Crippen LogP contribution in [0.1, 0.15) is 39.5 Å². The van der Waals surface area contributed by atoms with Crippen LogP contribution in [0.3, 0.4) is 0 Å². The molecule has 0 aromatic rings. The van der Waals surface area contributed by atoms with Crippen molar-refractivity contribution >= 4 is 21.8 Å². The molecule has 1 aliphatic carbocycles. The zero-order valence-corrected chi connectivity index (χ0v) is 10.6. The van der Waals surface area contributed by atoms with Crippen LogP contribution in [-0.2, 0) is 4.79 Å². The number of alkyl halides is 1. The highest BCUT2D eigenvalue weighted by Gasteiger charge is 2.23. The van der Waals surface area contributed by atoms with Crippen LogP contribution < -0.4 is 5.32 Å². The maximum absolute atomic E-state index is 11.5. The average molecular weight is 262 g/mol. The van der Waals surface area contributed by atoms with Crippen molar-refractivity contribution in [1.82, 2.24) is 5.32 Å². The van der Waals surface area contributed by atoms with E-state index in [9.17, 15) is 4.79 Å². The van der Waals surface area contributed by atoms with E-state index in [4.69, 9.17) is 0 Å². The van der Waals surface area contributed by atoms with Crippen LogP contribution in [0.4, 0.5) is 0 Å². The minimum Gasteiger partial charge on any atom is -0.356 e. The van der Waals surface area contributed by atoms with Crippen LogP contribution in [-0.4, -0.2) is 17.3 Å². The molecule has 1 saturated carbocycles. The maximum Gasteiger partial charge on any atom is 0.222 e. The van der Waals surface area contributed by atoms with Gasteiger partial charge in [0.05, 0.1) is 0 Å². The van der Waals surface area contributed by atoms with E-state index < -0.39 is 0 Å². The predicted molar refractivity (Wildman–Crippen MR) is 62.5 cm³/mol. The fourth-order valence-corrected chi connectivity index (χ4v) is 2.60. The highest BCUT2D eigenvalue weighted by Crippen LogP contribution is 2.30. The molecule has 0 bridgehead atoms. The second kappa shape index (κ2) is 5.74. The van der Waals surface area contributed by atoms with Gasteiger partial charge >= 0.3 is 0 Å². The van der Waals surface area contributed by atoms with E-state index in [0.717, 1.165) is 13.0 Å². The molecule has 2 nitrogen and oxygen atoms in total. The van der Waals surface area contributed by atoms with Crippen molar-refractivity contribution in [3.05, 3.63) is 0 Å². The second-order valence-electron chi connectivity index (χ2n) is 4.33. The van der Waals surface area contributed by atoms with Gasteiger partial charge in [-0.05, 0) is 31.6 Å². The van der Waals surface area contributed by atoms with E-state index in [1.165, 1.54) is 19.3 Å². The van der Waals surface area contributed by atoms with E-state index in [2.05, 4.69) is 21.2 Å². The van der Waals surface area contributed by atoms with Gasteiger partial charge in [-0.25, -0.2) is 0 Å². The fraction of sp³-hybridized carbons (Fsp3) is 0.909. The van der Waals surface area contributed by atoms with Crippen LogP contribution in [0.25, 0.3) is 0 Å². The van der Waals surface area contributed by atoms with Crippen molar-refractivity contribution in [2.24, 2.45) is 11.8 Å². The molecule has 1 fully saturated rings. The van der Waals surface area contributed by atoms with E-state index in [-0.39, 0.29) is 11.8 Å². The van der Waals surface area contributed by atoms with Gasteiger partial charge in [0.25, 0.3) is 0 Å². The van der Waals surface area contributed by atoms with Crippen molar-refractivity contribution < 1.29 is 4.79 Å². The summed E-state index contributed by atoms with van der Waals surface area (Å²) in [7, 11) is 0. The summed E-state index contributed by atoms with van der Waals surface area (Å²) in [5.74, 6) is 1.06. The van der Waals surface area contributed by atoms with Crippen molar-refractivity contribution in [2.45, 2.75) is 44.4 Å². The lowest BCUT2D eigenvalue weighted by Gasteiger charge is -2.13. The molecule has 1 rings (SSSR count). The highest BCUT2D eigenvalue weighted by atomic mass is 79.9. The Balaban J connectivity index is 2.17. The summed E-state index contributed by atoms with van der Waals surface area (Å²) in [4.78, 5) is 12.2. The first-order valence-electron chi connectivity index (χ1n) is 5.55. The molecular formula is C11H20BrNO. The SMILES string of the molecule is CCC(C)C(=O)NCC1CCC(Br)C1. The summed E-state index contributed by atoms with van der Waals surface area (Å²) in [6.07, 6.45) is 4.64.